The molecule has 0 aromatic heterocycles. The second-order valence-electron chi connectivity index (χ2n) is 39.8. The maximum atomic E-state index is 14.1. The maximum Gasteiger partial charge on any atom is 0.425 e. The van der Waals surface area contributed by atoms with E-state index in [1.807, 2.05) is 76.2 Å². The van der Waals surface area contributed by atoms with Crippen molar-refractivity contribution in [1.29, 1.82) is 0 Å². The lowest BCUT2D eigenvalue weighted by Gasteiger charge is -2.45. The summed E-state index contributed by atoms with van der Waals surface area (Å²) in [6.45, 7) is 57.8. The van der Waals surface area contributed by atoms with Crippen LogP contribution in [0.2, 0.25) is 0 Å². The third kappa shape index (κ3) is 39.1. The number of carbonyl (C=O) groups is 7. The Kier molecular flexibility index (Phi) is 52.9. The predicted octanol–water partition coefficient (Wildman–Crippen LogP) is 30.4. The number of fused-ring (bicyclic) bond motifs is 5. The van der Waals surface area contributed by atoms with Gasteiger partial charge in [-0.1, -0.05) is 150 Å². The summed E-state index contributed by atoms with van der Waals surface area (Å²) in [5.41, 5.74) is -2.34. The van der Waals surface area contributed by atoms with Crippen molar-refractivity contribution in [3.05, 3.63) is 35.4 Å². The van der Waals surface area contributed by atoms with Gasteiger partial charge in [-0.05, 0) is 294 Å². The summed E-state index contributed by atoms with van der Waals surface area (Å²) in [7, 11) is 0. The maximum absolute atomic E-state index is 14.1. The van der Waals surface area contributed by atoms with Crippen LogP contribution in [0.1, 0.15) is 404 Å². The van der Waals surface area contributed by atoms with Crippen LogP contribution in [0.4, 0.5) is 70.2 Å². The van der Waals surface area contributed by atoms with Crippen LogP contribution in [0.3, 0.4) is 0 Å². The van der Waals surface area contributed by atoms with Crippen molar-refractivity contribution in [2.45, 2.75) is 476 Å². The van der Waals surface area contributed by atoms with Gasteiger partial charge in [-0.15, -0.1) is 0 Å². The van der Waals surface area contributed by atoms with Crippen molar-refractivity contribution in [2.24, 2.45) is 61.6 Å². The van der Waals surface area contributed by atoms with E-state index < -0.39 is 119 Å². The molecule has 1 aromatic rings. The number of benzene rings is 1. The van der Waals surface area contributed by atoms with Crippen LogP contribution in [0, 0.1) is 61.6 Å². The van der Waals surface area contributed by atoms with Crippen molar-refractivity contribution < 1.29 is 137 Å². The van der Waals surface area contributed by atoms with Crippen molar-refractivity contribution in [3.63, 3.8) is 0 Å². The normalized spacial score (nSPS) is 21.4. The fourth-order valence-corrected chi connectivity index (χ4v) is 12.0. The fourth-order valence-electron chi connectivity index (χ4n) is 12.0. The minimum absolute atomic E-state index is 0. The Labute approximate surface area is 748 Å². The number of rotatable bonds is 23. The summed E-state index contributed by atoms with van der Waals surface area (Å²) in [5.74, 6) is -21.3. The average Bonchev–Trinajstić information content (AvgIpc) is 0.957. The molecule has 30 heteroatoms. The zero-order chi connectivity index (χ0) is 96.8. The Morgan fingerprint density at radius 2 is 0.698 bits per heavy atom. The van der Waals surface area contributed by atoms with Gasteiger partial charge >= 0.3 is 83.9 Å². The van der Waals surface area contributed by atoms with Crippen LogP contribution in [0.25, 0.3) is 0 Å². The molecular formula is C96H168F16O14. The molecule has 0 saturated heterocycles. The predicted molar refractivity (Wildman–Crippen MR) is 468 cm³/mol. The Hall–Kier alpha value is -5.61. The Balaban J connectivity index is -0.000000327. The largest absolute Gasteiger partial charge is 0.462 e. The molecular weight excluding hydrogens is 1680 g/mol. The Bertz CT molecular complexity index is 3280. The van der Waals surface area contributed by atoms with Crippen molar-refractivity contribution in [1.82, 2.24) is 0 Å². The van der Waals surface area contributed by atoms with E-state index in [9.17, 15) is 104 Å². The molecule has 0 spiro atoms. The number of esters is 7. The molecule has 0 N–H and O–H groups in total. The van der Waals surface area contributed by atoms with Gasteiger partial charge in [0, 0.05) is 12.8 Å². The van der Waals surface area contributed by atoms with Crippen LogP contribution in [-0.2, 0) is 72.1 Å². The lowest BCUT2D eigenvalue weighted by atomic mass is 9.80. The van der Waals surface area contributed by atoms with E-state index in [0.29, 0.717) is 31.1 Å². The SMILES string of the molecule is C.C.C.C.CCC(C)(C)C(=O)OC(C)(C)C.CCC(C)(C)C(=O)OC(C)C(F)(F)F.CCC(C)(C)C(=O)OC(C)C(F)(F)F.CCC(C)(C)C(=O)OC(C)C(F)(F)F.CCC(C)(C)C(=O)OC1(F)CCC(F)(F)C(F)(F)C1(F)F.CCC(C)(C)C(=O)OC1CC2CC1C1CCCC21.CCC(C)c1ccc(C(C)(C)C)cc1.CCC1(OC(=O)C(C)(C)CC)CCCC1. The number of hydrogen-bond donors (Lipinski definition) is 0. The third-order valence-corrected chi connectivity index (χ3v) is 25.1. The van der Waals surface area contributed by atoms with E-state index in [1.54, 1.807) is 62.3 Å². The summed E-state index contributed by atoms with van der Waals surface area (Å²) in [4.78, 5) is 81.0. The molecule has 10 unspecified atom stereocenters. The first-order valence-electron chi connectivity index (χ1n) is 43.3. The molecule has 1 aromatic carbocycles. The third-order valence-electron chi connectivity index (χ3n) is 25.1. The average molecular weight is 1850 g/mol. The molecule has 10 atom stereocenters. The molecule has 0 radical (unpaired) electrons. The highest BCUT2D eigenvalue weighted by molar-refractivity contribution is 5.79. The van der Waals surface area contributed by atoms with Gasteiger partial charge in [-0.3, -0.25) is 33.6 Å². The first kappa shape index (κ1) is 131. The molecule has 5 aliphatic carbocycles. The first-order chi connectivity index (χ1) is 54.6. The van der Waals surface area contributed by atoms with Gasteiger partial charge in [0.15, 0.2) is 18.3 Å². The monoisotopic (exact) mass is 1850 g/mol. The lowest BCUT2D eigenvalue weighted by molar-refractivity contribution is -0.409. The number of ether oxygens (including phenoxy) is 7. The van der Waals surface area contributed by atoms with E-state index in [2.05, 4.69) is 91.7 Å². The number of alkyl halides is 16. The topological polar surface area (TPSA) is 184 Å². The zero-order valence-electron chi connectivity index (χ0n) is 79.4. The second kappa shape index (κ2) is 50.9. The molecule has 0 amide bonds. The highest BCUT2D eigenvalue weighted by Crippen LogP contribution is 2.61. The van der Waals surface area contributed by atoms with Crippen molar-refractivity contribution in [2.75, 3.05) is 0 Å². The van der Waals surface area contributed by atoms with E-state index in [1.165, 1.54) is 76.8 Å². The first-order valence-corrected chi connectivity index (χ1v) is 43.3. The summed E-state index contributed by atoms with van der Waals surface area (Å²) in [6.07, 6.45) is -5.63. The molecule has 748 valence electrons. The van der Waals surface area contributed by atoms with Crippen LogP contribution in [0.15, 0.2) is 24.3 Å². The molecule has 14 nitrogen and oxygen atoms in total. The Morgan fingerprint density at radius 3 is 1.01 bits per heavy atom. The quantitative estimate of drug-likeness (QED) is 0.0572. The highest BCUT2D eigenvalue weighted by Gasteiger charge is 2.84. The van der Waals surface area contributed by atoms with Gasteiger partial charge in [0.2, 0.25) is 0 Å². The Morgan fingerprint density at radius 1 is 0.381 bits per heavy atom. The molecule has 5 fully saturated rings. The van der Waals surface area contributed by atoms with Gasteiger partial charge in [0.25, 0.3) is 0 Å². The smallest absolute Gasteiger partial charge is 0.425 e. The summed E-state index contributed by atoms with van der Waals surface area (Å²) >= 11 is 0. The molecule has 5 aliphatic rings. The summed E-state index contributed by atoms with van der Waals surface area (Å²) < 4.78 is 235. The molecule has 6 rings (SSSR count). The number of halogens is 16. The zero-order valence-corrected chi connectivity index (χ0v) is 79.4. The van der Waals surface area contributed by atoms with Gasteiger partial charge < -0.3 is 33.2 Å². The van der Waals surface area contributed by atoms with Gasteiger partial charge in [0.05, 0.1) is 37.9 Å². The molecule has 0 aliphatic heterocycles. The van der Waals surface area contributed by atoms with Crippen molar-refractivity contribution >= 4 is 41.8 Å². The van der Waals surface area contributed by atoms with Crippen LogP contribution in [-0.4, -0.2) is 120 Å². The summed E-state index contributed by atoms with van der Waals surface area (Å²) in [6, 6.07) is 9.08. The molecule has 0 heterocycles. The van der Waals surface area contributed by atoms with E-state index >= 15 is 0 Å². The standard InChI is InChI=1S/C16H26O2.C14H22.C13H24O2.C12H15F7O2.C10H20O2.3C9H15F3O2.4CH4/c1-4-16(2,3)15(17)18-14-9-10-8-13(14)12-7-5-6-11(10)12;1-6-11(2)12-7-9-13(10-8-12)14(3,4)5;1-5-12(3,4)11(14)15-13(6-2)9-7-8-10-13;1-4-8(2,3)7(20)21-10(15)6-5-9(13,14)11(16,17)12(10,18)19;1-7-10(5,6)8(11)12-9(2,3)4;3*1-5-8(3,4)7(13)14-6(2)9(10,11)12;;;;/h10-14H,4-9H2,1-3H3;7-11H,6H2,1-5H3;5-10H2,1-4H3;4-6H2,1-3H3;7H2,1-6H3;3*6H,5H2,1-4H3;4*1H4. The van der Waals surface area contributed by atoms with Gasteiger partial charge in [-0.25, -0.2) is 0 Å². The minimum Gasteiger partial charge on any atom is -0.462 e. The molecule has 2 bridgehead atoms. The summed E-state index contributed by atoms with van der Waals surface area (Å²) in [5, 5.41) is 0. The second-order valence-corrected chi connectivity index (χ2v) is 39.8. The minimum atomic E-state index is -5.95. The molecule has 126 heavy (non-hydrogen) atoms. The van der Waals surface area contributed by atoms with Crippen LogP contribution >= 0.6 is 0 Å². The van der Waals surface area contributed by atoms with Crippen LogP contribution in [0.5, 0.6) is 0 Å². The van der Waals surface area contributed by atoms with E-state index in [-0.39, 0.29) is 93.0 Å². The van der Waals surface area contributed by atoms with E-state index in [4.69, 9.17) is 14.2 Å². The van der Waals surface area contributed by atoms with Crippen molar-refractivity contribution in [3.8, 4) is 0 Å². The fraction of sp³-hybridized carbons (Fsp3) is 0.865. The highest BCUT2D eigenvalue weighted by atomic mass is 19.4. The van der Waals surface area contributed by atoms with Gasteiger partial charge in [-0.2, -0.15) is 70.2 Å². The number of carbonyl (C=O) groups excluding carboxylic acids is 7. The van der Waals surface area contributed by atoms with Crippen LogP contribution < -0.4 is 0 Å². The van der Waals surface area contributed by atoms with E-state index in [0.717, 1.165) is 83.5 Å². The number of hydrogen-bond acceptors (Lipinski definition) is 14. The molecule has 5 saturated carbocycles. The van der Waals surface area contributed by atoms with Gasteiger partial charge in [0.1, 0.15) is 17.3 Å². The lowest BCUT2D eigenvalue weighted by Crippen LogP contribution is -2.69.